The van der Waals surface area contributed by atoms with Gasteiger partial charge in [-0.3, -0.25) is 9.59 Å². The maximum Gasteiger partial charge on any atom is 0.231 e. The van der Waals surface area contributed by atoms with E-state index in [0.717, 1.165) is 25.7 Å². The van der Waals surface area contributed by atoms with Gasteiger partial charge in [-0.15, -0.1) is 0 Å². The molecule has 1 aliphatic heterocycles. The number of carbonyl (C=O) groups is 2. The second-order valence-electron chi connectivity index (χ2n) is 6.24. The minimum atomic E-state index is -0.496. The average Bonchev–Trinajstić information content (AvgIpc) is 2.68. The van der Waals surface area contributed by atoms with Crippen LogP contribution < -0.4 is 15.4 Å². The van der Waals surface area contributed by atoms with E-state index in [1.165, 1.54) is 6.42 Å². The lowest BCUT2D eigenvalue weighted by Gasteiger charge is -2.23. The van der Waals surface area contributed by atoms with Crippen LogP contribution >= 0.6 is 11.6 Å². The molecule has 1 aliphatic carbocycles. The molecule has 1 aromatic carbocycles. The fraction of sp³-hybridized carbons (Fsp3) is 0.529. The summed E-state index contributed by atoms with van der Waals surface area (Å²) in [5.41, 5.74) is 0.592. The highest BCUT2D eigenvalue weighted by Crippen LogP contribution is 2.31. The van der Waals surface area contributed by atoms with Gasteiger partial charge in [-0.25, -0.2) is 0 Å². The van der Waals surface area contributed by atoms with Crippen LogP contribution in [0.25, 0.3) is 0 Å². The summed E-state index contributed by atoms with van der Waals surface area (Å²) in [6.07, 6.45) is 5.77. The number of hydrogen-bond acceptors (Lipinski definition) is 3. The molecule has 1 saturated carbocycles. The standard InChI is InChI=1S/C17H21ClN2O3/c18-12-6-7-14-15(9-12)23-10-11(17(22)20-14)8-16(21)19-13-4-2-1-3-5-13/h6-7,9,11,13H,1-5,8,10H2,(H,19,21)(H,20,22). The maximum absolute atomic E-state index is 12.3. The minimum absolute atomic E-state index is 0.0790. The largest absolute Gasteiger partial charge is 0.491 e. The molecule has 23 heavy (non-hydrogen) atoms. The van der Waals surface area contributed by atoms with Crippen molar-refractivity contribution in [3.8, 4) is 5.75 Å². The summed E-state index contributed by atoms with van der Waals surface area (Å²) in [7, 11) is 0. The summed E-state index contributed by atoms with van der Waals surface area (Å²) >= 11 is 5.94. The van der Waals surface area contributed by atoms with Crippen LogP contribution in [0.3, 0.4) is 0 Å². The van der Waals surface area contributed by atoms with Gasteiger partial charge in [-0.2, -0.15) is 0 Å². The summed E-state index contributed by atoms with van der Waals surface area (Å²) in [6, 6.07) is 5.32. The molecule has 1 unspecified atom stereocenters. The quantitative estimate of drug-likeness (QED) is 0.891. The Morgan fingerprint density at radius 1 is 1.30 bits per heavy atom. The Balaban J connectivity index is 1.58. The van der Waals surface area contributed by atoms with Crippen LogP contribution in [0.5, 0.6) is 5.75 Å². The van der Waals surface area contributed by atoms with Crippen LogP contribution in [0.2, 0.25) is 5.02 Å². The van der Waals surface area contributed by atoms with Gasteiger partial charge in [0.15, 0.2) is 0 Å². The maximum atomic E-state index is 12.3. The zero-order valence-corrected chi connectivity index (χ0v) is 13.7. The predicted octanol–water partition coefficient (Wildman–Crippen LogP) is 3.13. The number of hydrogen-bond donors (Lipinski definition) is 2. The molecular weight excluding hydrogens is 316 g/mol. The molecule has 1 atom stereocenters. The lowest BCUT2D eigenvalue weighted by atomic mass is 9.95. The number of ether oxygens (including phenoxy) is 1. The summed E-state index contributed by atoms with van der Waals surface area (Å²) < 4.78 is 5.66. The Kier molecular flexibility index (Phi) is 5.06. The van der Waals surface area contributed by atoms with E-state index < -0.39 is 5.92 Å². The van der Waals surface area contributed by atoms with Crippen molar-refractivity contribution in [3.05, 3.63) is 23.2 Å². The fourth-order valence-corrected chi connectivity index (χ4v) is 3.29. The SMILES string of the molecule is O=C(CC1COc2cc(Cl)ccc2NC1=O)NC1CCCCC1. The van der Waals surface area contributed by atoms with Gasteiger partial charge in [0.2, 0.25) is 11.8 Å². The Hall–Kier alpha value is -1.75. The molecule has 1 fully saturated rings. The molecule has 0 spiro atoms. The number of fused-ring (bicyclic) bond motifs is 1. The van der Waals surface area contributed by atoms with E-state index in [9.17, 15) is 9.59 Å². The van der Waals surface area contributed by atoms with E-state index in [0.29, 0.717) is 16.5 Å². The highest BCUT2D eigenvalue weighted by molar-refractivity contribution is 6.30. The summed E-state index contributed by atoms with van der Waals surface area (Å²) in [5, 5.41) is 6.40. The number of carbonyl (C=O) groups excluding carboxylic acids is 2. The van der Waals surface area contributed by atoms with Crippen molar-refractivity contribution in [1.29, 1.82) is 0 Å². The number of halogens is 1. The molecule has 2 aliphatic rings. The Labute approximate surface area is 140 Å². The Morgan fingerprint density at radius 3 is 2.87 bits per heavy atom. The van der Waals surface area contributed by atoms with E-state index in [1.54, 1.807) is 18.2 Å². The molecular formula is C17H21ClN2O3. The average molecular weight is 337 g/mol. The van der Waals surface area contributed by atoms with E-state index in [-0.39, 0.29) is 30.9 Å². The fourth-order valence-electron chi connectivity index (χ4n) is 3.13. The molecule has 1 heterocycles. The highest BCUT2D eigenvalue weighted by Gasteiger charge is 2.28. The third-order valence-corrected chi connectivity index (χ3v) is 4.65. The van der Waals surface area contributed by atoms with Gasteiger partial charge in [-0.1, -0.05) is 30.9 Å². The van der Waals surface area contributed by atoms with Gasteiger partial charge in [0.05, 0.1) is 11.6 Å². The molecule has 124 valence electrons. The first-order valence-electron chi connectivity index (χ1n) is 8.14. The van der Waals surface area contributed by atoms with Crippen molar-refractivity contribution in [2.24, 2.45) is 5.92 Å². The van der Waals surface area contributed by atoms with Crippen molar-refractivity contribution in [1.82, 2.24) is 5.32 Å². The zero-order chi connectivity index (χ0) is 16.2. The smallest absolute Gasteiger partial charge is 0.231 e. The second kappa shape index (κ2) is 7.21. The first kappa shape index (κ1) is 16.1. The van der Waals surface area contributed by atoms with Gasteiger partial charge < -0.3 is 15.4 Å². The molecule has 1 aromatic rings. The van der Waals surface area contributed by atoms with Gasteiger partial charge in [0.25, 0.3) is 0 Å². The lowest BCUT2D eigenvalue weighted by Crippen LogP contribution is -2.39. The number of amides is 2. The number of anilines is 1. The normalized spacial score (nSPS) is 21.6. The summed E-state index contributed by atoms with van der Waals surface area (Å²) in [6.45, 7) is 0.178. The summed E-state index contributed by atoms with van der Waals surface area (Å²) in [4.78, 5) is 24.5. The molecule has 0 saturated heterocycles. The molecule has 0 aromatic heterocycles. The van der Waals surface area contributed by atoms with E-state index in [2.05, 4.69) is 10.6 Å². The molecule has 6 heteroatoms. The molecule has 0 bridgehead atoms. The third-order valence-electron chi connectivity index (χ3n) is 4.41. The molecule has 3 rings (SSSR count). The van der Waals surface area contributed by atoms with Crippen molar-refractivity contribution in [2.75, 3.05) is 11.9 Å². The van der Waals surface area contributed by atoms with Crippen LogP contribution in [0, 0.1) is 5.92 Å². The second-order valence-corrected chi connectivity index (χ2v) is 6.68. The van der Waals surface area contributed by atoms with Gasteiger partial charge in [0.1, 0.15) is 12.4 Å². The van der Waals surface area contributed by atoms with E-state index >= 15 is 0 Å². The van der Waals surface area contributed by atoms with Crippen molar-refractivity contribution in [2.45, 2.75) is 44.6 Å². The van der Waals surface area contributed by atoms with E-state index in [1.807, 2.05) is 0 Å². The van der Waals surface area contributed by atoms with Gasteiger partial charge in [-0.05, 0) is 25.0 Å². The first-order valence-corrected chi connectivity index (χ1v) is 8.52. The summed E-state index contributed by atoms with van der Waals surface area (Å²) in [5.74, 6) is -0.222. The van der Waals surface area contributed by atoms with Crippen LogP contribution in [-0.4, -0.2) is 24.5 Å². The number of benzene rings is 1. The Bertz CT molecular complexity index is 600. The van der Waals surface area contributed by atoms with Gasteiger partial charge in [0, 0.05) is 23.6 Å². The monoisotopic (exact) mass is 336 g/mol. The third kappa shape index (κ3) is 4.16. The topological polar surface area (TPSA) is 67.4 Å². The zero-order valence-electron chi connectivity index (χ0n) is 12.9. The number of nitrogens with one attached hydrogen (secondary N) is 2. The highest BCUT2D eigenvalue weighted by atomic mass is 35.5. The molecule has 0 radical (unpaired) electrons. The van der Waals surface area contributed by atoms with E-state index in [4.69, 9.17) is 16.3 Å². The van der Waals surface area contributed by atoms with Crippen molar-refractivity contribution < 1.29 is 14.3 Å². The molecule has 2 N–H and O–H groups in total. The Morgan fingerprint density at radius 2 is 2.09 bits per heavy atom. The predicted molar refractivity (Wildman–Crippen MR) is 88.7 cm³/mol. The molecule has 5 nitrogen and oxygen atoms in total. The van der Waals surface area contributed by atoms with Crippen LogP contribution in [-0.2, 0) is 9.59 Å². The van der Waals surface area contributed by atoms with Crippen LogP contribution in [0.4, 0.5) is 5.69 Å². The minimum Gasteiger partial charge on any atom is -0.491 e. The van der Waals surface area contributed by atoms with Crippen molar-refractivity contribution >= 4 is 29.1 Å². The lowest BCUT2D eigenvalue weighted by molar-refractivity contribution is -0.128. The first-order chi connectivity index (χ1) is 11.1. The van der Waals surface area contributed by atoms with Crippen LogP contribution in [0.1, 0.15) is 38.5 Å². The van der Waals surface area contributed by atoms with Gasteiger partial charge >= 0.3 is 0 Å². The number of rotatable bonds is 3. The molecule has 2 amide bonds. The van der Waals surface area contributed by atoms with Crippen molar-refractivity contribution in [3.63, 3.8) is 0 Å². The van der Waals surface area contributed by atoms with Crippen LogP contribution in [0.15, 0.2) is 18.2 Å².